The molecular formula is C13H12ClN5O2S. The van der Waals surface area contributed by atoms with Gasteiger partial charge < -0.3 is 14.1 Å². The molecule has 0 amide bonds. The highest BCUT2D eigenvalue weighted by atomic mass is 35.5. The van der Waals surface area contributed by atoms with E-state index in [1.807, 2.05) is 12.1 Å². The van der Waals surface area contributed by atoms with Gasteiger partial charge >= 0.3 is 0 Å². The van der Waals surface area contributed by atoms with Crippen LogP contribution in [0.2, 0.25) is 5.02 Å². The molecule has 0 bridgehead atoms. The number of nitrogens with zero attached hydrogens (tertiary/aromatic N) is 5. The second-order valence-corrected chi connectivity index (χ2v) is 5.79. The zero-order valence-electron chi connectivity index (χ0n) is 11.6. The maximum Gasteiger partial charge on any atom is 0.247 e. The van der Waals surface area contributed by atoms with E-state index in [1.54, 1.807) is 23.7 Å². The Labute approximate surface area is 135 Å². The van der Waals surface area contributed by atoms with Crippen LogP contribution in [0.3, 0.4) is 0 Å². The monoisotopic (exact) mass is 337 g/mol. The van der Waals surface area contributed by atoms with Crippen LogP contribution in [0.15, 0.2) is 33.8 Å². The molecule has 9 heteroatoms. The van der Waals surface area contributed by atoms with E-state index in [2.05, 4.69) is 20.4 Å². The number of rotatable bonds is 5. The molecule has 0 atom stereocenters. The van der Waals surface area contributed by atoms with Gasteiger partial charge in [-0.05, 0) is 18.2 Å². The predicted octanol–water partition coefficient (Wildman–Crippen LogP) is 2.30. The van der Waals surface area contributed by atoms with Crippen molar-refractivity contribution in [3.8, 4) is 11.5 Å². The van der Waals surface area contributed by atoms with Crippen molar-refractivity contribution in [3.63, 3.8) is 0 Å². The summed E-state index contributed by atoms with van der Waals surface area (Å²) >= 11 is 7.35. The summed E-state index contributed by atoms with van der Waals surface area (Å²) in [5, 5.41) is 26.2. The molecule has 0 spiro atoms. The Morgan fingerprint density at radius 3 is 2.86 bits per heavy atom. The summed E-state index contributed by atoms with van der Waals surface area (Å²) in [6.45, 7) is -0.149. The van der Waals surface area contributed by atoms with Crippen LogP contribution in [-0.2, 0) is 19.4 Å². The Morgan fingerprint density at radius 2 is 2.14 bits per heavy atom. The fourth-order valence-corrected chi connectivity index (χ4v) is 2.74. The number of halogens is 1. The molecular weight excluding hydrogens is 326 g/mol. The number of hydrogen-bond acceptors (Lipinski definition) is 7. The van der Waals surface area contributed by atoms with Crippen molar-refractivity contribution in [2.75, 3.05) is 0 Å². The maximum absolute atomic E-state index is 9.08. The zero-order valence-corrected chi connectivity index (χ0v) is 13.2. The van der Waals surface area contributed by atoms with Gasteiger partial charge in [-0.15, -0.1) is 20.4 Å². The first-order chi connectivity index (χ1) is 10.7. The first-order valence-electron chi connectivity index (χ1n) is 6.37. The molecule has 2 aromatic heterocycles. The Hall–Kier alpha value is -1.90. The molecule has 3 aromatic rings. The SMILES string of the molecule is Cn1c(CO)nnc1SCc1nnc(-c2cccc(Cl)c2)o1. The van der Waals surface area contributed by atoms with Crippen molar-refractivity contribution in [2.24, 2.45) is 7.05 Å². The van der Waals surface area contributed by atoms with Crippen LogP contribution >= 0.6 is 23.4 Å². The van der Waals surface area contributed by atoms with Gasteiger partial charge in [-0.25, -0.2) is 0 Å². The van der Waals surface area contributed by atoms with Crippen molar-refractivity contribution >= 4 is 23.4 Å². The van der Waals surface area contributed by atoms with Crippen molar-refractivity contribution < 1.29 is 9.52 Å². The number of aliphatic hydroxyl groups excluding tert-OH is 1. The van der Waals surface area contributed by atoms with Gasteiger partial charge in [0, 0.05) is 17.6 Å². The van der Waals surface area contributed by atoms with Crippen LogP contribution in [0.1, 0.15) is 11.7 Å². The average molecular weight is 338 g/mol. The number of aromatic nitrogens is 5. The molecule has 0 aliphatic carbocycles. The highest BCUT2D eigenvalue weighted by Crippen LogP contribution is 2.24. The number of hydrogen-bond donors (Lipinski definition) is 1. The molecule has 0 saturated carbocycles. The molecule has 1 N–H and O–H groups in total. The van der Waals surface area contributed by atoms with E-state index in [4.69, 9.17) is 21.1 Å². The molecule has 22 heavy (non-hydrogen) atoms. The van der Waals surface area contributed by atoms with Crippen LogP contribution in [-0.4, -0.2) is 30.1 Å². The lowest BCUT2D eigenvalue weighted by molar-refractivity contribution is 0.266. The summed E-state index contributed by atoms with van der Waals surface area (Å²) < 4.78 is 7.33. The lowest BCUT2D eigenvalue weighted by atomic mass is 10.2. The smallest absolute Gasteiger partial charge is 0.247 e. The van der Waals surface area contributed by atoms with E-state index in [9.17, 15) is 0 Å². The lowest BCUT2D eigenvalue weighted by Gasteiger charge is -1.99. The van der Waals surface area contributed by atoms with Crippen molar-refractivity contribution in [2.45, 2.75) is 17.5 Å². The second kappa shape index (κ2) is 6.47. The van der Waals surface area contributed by atoms with E-state index >= 15 is 0 Å². The van der Waals surface area contributed by atoms with E-state index in [0.717, 1.165) is 5.56 Å². The molecule has 3 rings (SSSR count). The van der Waals surface area contributed by atoms with Gasteiger partial charge in [-0.3, -0.25) is 0 Å². The summed E-state index contributed by atoms with van der Waals surface area (Å²) in [5.74, 6) is 1.87. The summed E-state index contributed by atoms with van der Waals surface area (Å²) in [7, 11) is 1.79. The zero-order chi connectivity index (χ0) is 15.5. The normalized spacial score (nSPS) is 11.0. The standard InChI is InChI=1S/C13H12ClN5O2S/c1-19-10(6-20)15-18-13(19)22-7-11-16-17-12(21-11)8-3-2-4-9(14)5-8/h2-5,20H,6-7H2,1H3. The summed E-state index contributed by atoms with van der Waals surface area (Å²) in [6.07, 6.45) is 0. The first kappa shape index (κ1) is 15.0. The predicted molar refractivity (Wildman–Crippen MR) is 81.2 cm³/mol. The topological polar surface area (TPSA) is 89.9 Å². The minimum Gasteiger partial charge on any atom is -0.420 e. The van der Waals surface area contributed by atoms with Crippen LogP contribution < -0.4 is 0 Å². The molecule has 0 saturated heterocycles. The van der Waals surface area contributed by atoms with E-state index < -0.39 is 0 Å². The van der Waals surface area contributed by atoms with Gasteiger partial charge in [0.15, 0.2) is 11.0 Å². The van der Waals surface area contributed by atoms with E-state index in [1.165, 1.54) is 11.8 Å². The molecule has 0 aliphatic rings. The van der Waals surface area contributed by atoms with Gasteiger partial charge in [-0.1, -0.05) is 29.4 Å². The third-order valence-electron chi connectivity index (χ3n) is 2.93. The molecule has 0 radical (unpaired) electrons. The molecule has 1 aromatic carbocycles. The van der Waals surface area contributed by atoms with Crippen LogP contribution in [0.5, 0.6) is 0 Å². The fourth-order valence-electron chi connectivity index (χ4n) is 1.78. The fraction of sp³-hybridized carbons (Fsp3) is 0.231. The molecule has 0 aliphatic heterocycles. The first-order valence-corrected chi connectivity index (χ1v) is 7.74. The third kappa shape index (κ3) is 3.13. The maximum atomic E-state index is 9.08. The number of thioether (sulfide) groups is 1. The molecule has 0 unspecified atom stereocenters. The van der Waals surface area contributed by atoms with Gasteiger partial charge in [0.2, 0.25) is 11.8 Å². The summed E-state index contributed by atoms with van der Waals surface area (Å²) in [5.41, 5.74) is 0.775. The second-order valence-electron chi connectivity index (χ2n) is 4.42. The van der Waals surface area contributed by atoms with Crippen LogP contribution in [0.4, 0.5) is 0 Å². The molecule has 7 nitrogen and oxygen atoms in total. The van der Waals surface area contributed by atoms with Crippen LogP contribution in [0.25, 0.3) is 11.5 Å². The largest absolute Gasteiger partial charge is 0.420 e. The minimum absolute atomic E-state index is 0.149. The molecule has 114 valence electrons. The Bertz CT molecular complexity index is 788. The Morgan fingerprint density at radius 1 is 1.27 bits per heavy atom. The average Bonchev–Trinajstić information content (AvgIpc) is 3.12. The summed E-state index contributed by atoms with van der Waals surface area (Å²) in [4.78, 5) is 0. The van der Waals surface area contributed by atoms with Crippen molar-refractivity contribution in [3.05, 3.63) is 41.0 Å². The Balaban J connectivity index is 1.70. The van der Waals surface area contributed by atoms with E-state index in [0.29, 0.717) is 33.5 Å². The van der Waals surface area contributed by atoms with E-state index in [-0.39, 0.29) is 6.61 Å². The van der Waals surface area contributed by atoms with Gasteiger partial charge in [-0.2, -0.15) is 0 Å². The third-order valence-corrected chi connectivity index (χ3v) is 4.17. The van der Waals surface area contributed by atoms with Gasteiger partial charge in [0.25, 0.3) is 0 Å². The van der Waals surface area contributed by atoms with Gasteiger partial charge in [0.1, 0.15) is 6.61 Å². The molecule has 0 fully saturated rings. The minimum atomic E-state index is -0.149. The Kier molecular flexibility index (Phi) is 4.41. The van der Waals surface area contributed by atoms with Crippen molar-refractivity contribution in [1.82, 2.24) is 25.0 Å². The molecule has 2 heterocycles. The summed E-state index contributed by atoms with van der Waals surface area (Å²) in [6, 6.07) is 7.23. The number of aliphatic hydroxyl groups is 1. The highest BCUT2D eigenvalue weighted by Gasteiger charge is 2.12. The van der Waals surface area contributed by atoms with Crippen LogP contribution in [0, 0.1) is 0 Å². The van der Waals surface area contributed by atoms with Crippen molar-refractivity contribution in [1.29, 1.82) is 0 Å². The quantitative estimate of drug-likeness (QED) is 0.714. The lowest BCUT2D eigenvalue weighted by Crippen LogP contribution is -1.98. The van der Waals surface area contributed by atoms with Gasteiger partial charge in [0.05, 0.1) is 5.75 Å². The number of benzene rings is 1. The highest BCUT2D eigenvalue weighted by molar-refractivity contribution is 7.98.